The van der Waals surface area contributed by atoms with E-state index in [4.69, 9.17) is 7.98 Å². The molecule has 2 radical (unpaired) electrons. The van der Waals surface area contributed by atoms with E-state index in [1.54, 1.807) is 0 Å². The zero-order chi connectivity index (χ0) is 7.89. The highest BCUT2D eigenvalue weighted by Gasteiger charge is 2.34. The maximum Gasteiger partial charge on any atom is 0.207 e. The summed E-state index contributed by atoms with van der Waals surface area (Å²) in [5, 5.41) is 2.09. The van der Waals surface area contributed by atoms with Crippen LogP contribution in [0.4, 0.5) is 0 Å². The summed E-state index contributed by atoms with van der Waals surface area (Å²) in [4.78, 5) is 1.81. The Morgan fingerprint density at radius 3 is 1.70 bits per heavy atom. The molecule has 1 rings (SSSR count). The smallest absolute Gasteiger partial charge is 0.207 e. The van der Waals surface area contributed by atoms with E-state index < -0.39 is 0 Å². The Balaban J connectivity index is 2.68. The average Bonchev–Trinajstić information content (AvgIpc) is 2.07. The highest BCUT2D eigenvalue weighted by atomic mass is 15.6. The van der Waals surface area contributed by atoms with Crippen molar-refractivity contribution in [2.45, 2.75) is 32.9 Å². The van der Waals surface area contributed by atoms with Crippen molar-refractivity contribution in [1.29, 1.82) is 0 Å². The van der Waals surface area contributed by atoms with Gasteiger partial charge >= 0.3 is 0 Å². The normalized spacial score (nSPS) is 44.6. The van der Waals surface area contributed by atoms with Gasteiger partial charge in [-0.1, -0.05) is 6.92 Å². The SMILES string of the molecule is [B]N1C(C)C(C)C(C)N1C. The van der Waals surface area contributed by atoms with Gasteiger partial charge in [0.1, 0.15) is 0 Å². The van der Waals surface area contributed by atoms with Gasteiger partial charge in [-0.25, -0.2) is 0 Å². The van der Waals surface area contributed by atoms with Gasteiger partial charge in [-0.2, -0.15) is 0 Å². The van der Waals surface area contributed by atoms with Crippen LogP contribution in [0.5, 0.6) is 0 Å². The molecule has 0 aromatic carbocycles. The molecule has 2 nitrogen and oxygen atoms in total. The third-order valence-corrected chi connectivity index (χ3v) is 2.89. The van der Waals surface area contributed by atoms with E-state index in [0.717, 1.165) is 0 Å². The molecular formula is C7H15BN2. The molecule has 1 saturated heterocycles. The molecule has 1 aliphatic heterocycles. The van der Waals surface area contributed by atoms with Crippen LogP contribution < -0.4 is 0 Å². The summed E-state index contributed by atoms with van der Waals surface area (Å²) in [6.07, 6.45) is 0. The van der Waals surface area contributed by atoms with Crippen molar-refractivity contribution >= 4 is 7.98 Å². The molecule has 0 N–H and O–H groups in total. The van der Waals surface area contributed by atoms with Gasteiger partial charge in [0.05, 0.1) is 0 Å². The van der Waals surface area contributed by atoms with Gasteiger partial charge in [0, 0.05) is 19.1 Å². The van der Waals surface area contributed by atoms with Gasteiger partial charge in [0.2, 0.25) is 7.98 Å². The second-order valence-electron chi connectivity index (χ2n) is 3.29. The van der Waals surface area contributed by atoms with E-state index in [1.807, 2.05) is 12.0 Å². The Bertz CT molecular complexity index is 83.9. The summed E-state index contributed by atoms with van der Waals surface area (Å²) in [7, 11) is 7.79. The van der Waals surface area contributed by atoms with Gasteiger partial charge in [0.15, 0.2) is 0 Å². The van der Waals surface area contributed by atoms with Gasteiger partial charge in [-0.15, -0.1) is 0 Å². The molecule has 0 bridgehead atoms. The van der Waals surface area contributed by atoms with Crippen molar-refractivity contribution in [3.8, 4) is 0 Å². The lowest BCUT2D eigenvalue weighted by molar-refractivity contribution is 0.104. The predicted octanol–water partition coefficient (Wildman–Crippen LogP) is 0.645. The summed E-state index contributed by atoms with van der Waals surface area (Å²) < 4.78 is 0. The van der Waals surface area contributed by atoms with Crippen LogP contribution in [0.3, 0.4) is 0 Å². The topological polar surface area (TPSA) is 6.48 Å². The molecule has 3 atom stereocenters. The highest BCUT2D eigenvalue weighted by Crippen LogP contribution is 2.25. The summed E-state index contributed by atoms with van der Waals surface area (Å²) in [5.74, 6) is 0.662. The minimum absolute atomic E-state index is 0.472. The van der Waals surface area contributed by atoms with Crippen molar-refractivity contribution in [2.24, 2.45) is 5.92 Å². The second kappa shape index (κ2) is 2.55. The first kappa shape index (κ1) is 8.09. The first-order valence-electron chi connectivity index (χ1n) is 3.82. The van der Waals surface area contributed by atoms with Crippen molar-refractivity contribution in [3.05, 3.63) is 0 Å². The monoisotopic (exact) mass is 138 g/mol. The van der Waals surface area contributed by atoms with Crippen LogP contribution in [0.25, 0.3) is 0 Å². The van der Waals surface area contributed by atoms with E-state index in [0.29, 0.717) is 18.0 Å². The third kappa shape index (κ3) is 0.975. The number of hydrazine groups is 1. The number of rotatable bonds is 0. The Hall–Kier alpha value is -0.0151. The fourth-order valence-electron chi connectivity index (χ4n) is 1.48. The molecule has 3 unspecified atom stereocenters. The lowest BCUT2D eigenvalue weighted by atomic mass is 9.98. The lowest BCUT2D eigenvalue weighted by Gasteiger charge is -2.25. The molecule has 10 heavy (non-hydrogen) atoms. The fourth-order valence-corrected chi connectivity index (χ4v) is 1.48. The second-order valence-corrected chi connectivity index (χ2v) is 3.29. The Morgan fingerprint density at radius 1 is 1.10 bits per heavy atom. The molecule has 1 fully saturated rings. The Morgan fingerprint density at radius 2 is 1.60 bits per heavy atom. The zero-order valence-electron chi connectivity index (χ0n) is 7.20. The van der Waals surface area contributed by atoms with Crippen molar-refractivity contribution in [1.82, 2.24) is 9.93 Å². The number of hydrogen-bond donors (Lipinski definition) is 0. The van der Waals surface area contributed by atoms with Gasteiger partial charge in [-0.05, 0) is 19.8 Å². The van der Waals surface area contributed by atoms with Crippen LogP contribution in [-0.2, 0) is 0 Å². The number of hydrogen-bond acceptors (Lipinski definition) is 2. The molecule has 0 aromatic rings. The minimum Gasteiger partial charge on any atom is -0.292 e. The quantitative estimate of drug-likeness (QED) is 0.453. The lowest BCUT2D eigenvalue weighted by Crippen LogP contribution is -2.37. The third-order valence-electron chi connectivity index (χ3n) is 2.89. The van der Waals surface area contributed by atoms with E-state index in [2.05, 4.69) is 25.8 Å². The van der Waals surface area contributed by atoms with Crippen LogP contribution >= 0.6 is 0 Å². The Kier molecular flexibility index (Phi) is 2.06. The van der Waals surface area contributed by atoms with E-state index in [-0.39, 0.29) is 0 Å². The van der Waals surface area contributed by atoms with Crippen LogP contribution in [-0.4, -0.2) is 37.0 Å². The molecule has 1 heterocycles. The van der Waals surface area contributed by atoms with Crippen LogP contribution in [0.1, 0.15) is 20.8 Å². The maximum absolute atomic E-state index is 5.76. The predicted molar refractivity (Wildman–Crippen MR) is 43.4 cm³/mol. The maximum atomic E-state index is 5.76. The molecule has 0 amide bonds. The van der Waals surface area contributed by atoms with Crippen LogP contribution in [0.2, 0.25) is 0 Å². The minimum atomic E-state index is 0.472. The van der Waals surface area contributed by atoms with E-state index in [1.165, 1.54) is 0 Å². The van der Waals surface area contributed by atoms with Gasteiger partial charge in [-0.3, -0.25) is 9.93 Å². The van der Waals surface area contributed by atoms with Crippen LogP contribution in [0, 0.1) is 5.92 Å². The van der Waals surface area contributed by atoms with Crippen molar-refractivity contribution in [2.75, 3.05) is 7.05 Å². The standard InChI is InChI=1S/C7H15BN2/c1-5-6(2)9(4)10(8)7(5)3/h5-7H,1-4H3. The summed E-state index contributed by atoms with van der Waals surface area (Å²) >= 11 is 0. The van der Waals surface area contributed by atoms with Crippen molar-refractivity contribution < 1.29 is 0 Å². The van der Waals surface area contributed by atoms with Gasteiger partial charge < -0.3 is 0 Å². The molecular weight excluding hydrogens is 123 g/mol. The zero-order valence-corrected chi connectivity index (χ0v) is 7.20. The molecule has 0 spiro atoms. The summed E-state index contributed by atoms with van der Waals surface area (Å²) in [6.45, 7) is 6.59. The molecule has 0 aromatic heterocycles. The highest BCUT2D eigenvalue weighted by molar-refractivity contribution is 6.04. The number of nitrogens with zero attached hydrogens (tertiary/aromatic N) is 2. The fraction of sp³-hybridized carbons (Fsp3) is 1.00. The first-order chi connectivity index (χ1) is 4.55. The largest absolute Gasteiger partial charge is 0.292 e. The molecule has 3 heteroatoms. The van der Waals surface area contributed by atoms with E-state index >= 15 is 0 Å². The molecule has 0 aliphatic carbocycles. The van der Waals surface area contributed by atoms with E-state index in [9.17, 15) is 0 Å². The van der Waals surface area contributed by atoms with Gasteiger partial charge in [0.25, 0.3) is 0 Å². The van der Waals surface area contributed by atoms with Crippen molar-refractivity contribution in [3.63, 3.8) is 0 Å². The summed E-state index contributed by atoms with van der Waals surface area (Å²) in [5.41, 5.74) is 0. The molecule has 56 valence electrons. The first-order valence-corrected chi connectivity index (χ1v) is 3.82. The molecule has 1 aliphatic rings. The Labute approximate surface area is 64.6 Å². The summed E-state index contributed by atoms with van der Waals surface area (Å²) in [6, 6.07) is 1.04. The van der Waals surface area contributed by atoms with Crippen LogP contribution in [0.15, 0.2) is 0 Å². The molecule has 0 saturated carbocycles. The average molecular weight is 138 g/mol.